The summed E-state index contributed by atoms with van der Waals surface area (Å²) in [7, 11) is 0. The summed E-state index contributed by atoms with van der Waals surface area (Å²) in [5.41, 5.74) is -0.789. The Hall–Kier alpha value is -0.120. The van der Waals surface area contributed by atoms with Gasteiger partial charge in [-0.25, -0.2) is 0 Å². The first-order valence-electron chi connectivity index (χ1n) is 6.84. The van der Waals surface area contributed by atoms with Gasteiger partial charge in [0.25, 0.3) is 0 Å². The molecule has 0 aromatic carbocycles. The van der Waals surface area contributed by atoms with Crippen LogP contribution in [0.15, 0.2) is 0 Å². The van der Waals surface area contributed by atoms with Crippen LogP contribution >= 0.6 is 0 Å². The van der Waals surface area contributed by atoms with E-state index in [9.17, 15) is 10.2 Å². The average Bonchev–Trinajstić information content (AvgIpc) is 2.64. The van der Waals surface area contributed by atoms with Crippen molar-refractivity contribution in [2.24, 2.45) is 0 Å². The number of unbranched alkanes of at least 4 members (excludes halogenated alkanes) is 4. The first-order valence-corrected chi connectivity index (χ1v) is 6.84. The molecule has 0 amide bonds. The lowest BCUT2D eigenvalue weighted by molar-refractivity contribution is -0.0441. The van der Waals surface area contributed by atoms with E-state index in [-0.39, 0.29) is 0 Å². The number of hydrogen-bond acceptors (Lipinski definition) is 3. The molecule has 0 aromatic heterocycles. The summed E-state index contributed by atoms with van der Waals surface area (Å²) in [5.74, 6) is 0. The summed E-state index contributed by atoms with van der Waals surface area (Å²) in [6.45, 7) is 2.20. The van der Waals surface area contributed by atoms with Crippen molar-refractivity contribution in [3.05, 3.63) is 0 Å². The highest BCUT2D eigenvalue weighted by Gasteiger charge is 2.32. The molecule has 0 aliphatic heterocycles. The van der Waals surface area contributed by atoms with Crippen molar-refractivity contribution < 1.29 is 10.2 Å². The second-order valence-corrected chi connectivity index (χ2v) is 5.10. The second-order valence-electron chi connectivity index (χ2n) is 5.10. The summed E-state index contributed by atoms with van der Waals surface area (Å²) in [6.07, 6.45) is 9.92. The predicted octanol–water partition coefficient (Wildman–Crippen LogP) is 2.52. The minimum absolute atomic E-state index is 0.537. The Morgan fingerprint density at radius 1 is 1.12 bits per heavy atom. The van der Waals surface area contributed by atoms with Crippen LogP contribution in [0.2, 0.25) is 0 Å². The molecule has 0 radical (unpaired) electrons. The average molecular weight is 229 g/mol. The van der Waals surface area contributed by atoms with Crippen molar-refractivity contribution in [2.75, 3.05) is 0 Å². The number of hydrogen-bond donors (Lipinski definition) is 3. The monoisotopic (exact) mass is 229 g/mol. The van der Waals surface area contributed by atoms with Gasteiger partial charge >= 0.3 is 0 Å². The van der Waals surface area contributed by atoms with Gasteiger partial charge in [0, 0.05) is 0 Å². The van der Waals surface area contributed by atoms with Crippen molar-refractivity contribution in [2.45, 2.75) is 83.1 Å². The summed E-state index contributed by atoms with van der Waals surface area (Å²) in [5, 5.41) is 22.7. The molecule has 0 bridgehead atoms. The normalized spacial score (nSPS) is 21.2. The van der Waals surface area contributed by atoms with E-state index in [1.54, 1.807) is 0 Å². The third-order valence-electron chi connectivity index (χ3n) is 3.45. The Kier molecular flexibility index (Phi) is 6.32. The minimum atomic E-state index is -0.789. The predicted molar refractivity (Wildman–Crippen MR) is 65.9 cm³/mol. The fraction of sp³-hybridized carbons (Fsp3) is 1.00. The molecule has 3 heteroatoms. The van der Waals surface area contributed by atoms with Gasteiger partial charge in [-0.1, -0.05) is 32.6 Å². The molecule has 16 heavy (non-hydrogen) atoms. The van der Waals surface area contributed by atoms with E-state index in [0.29, 0.717) is 0 Å². The van der Waals surface area contributed by atoms with Crippen molar-refractivity contribution in [3.63, 3.8) is 0 Å². The third-order valence-corrected chi connectivity index (χ3v) is 3.45. The molecule has 0 heterocycles. The summed E-state index contributed by atoms with van der Waals surface area (Å²) in [6, 6.07) is 0. The zero-order chi connectivity index (χ0) is 11.9. The highest BCUT2D eigenvalue weighted by molar-refractivity contribution is 4.82. The Labute approximate surface area is 99.3 Å². The van der Waals surface area contributed by atoms with Crippen LogP contribution in [0, 0.1) is 0 Å². The SMILES string of the molecule is CCCCCCCC(O)NC1(O)CCCC1. The molecular formula is C13H27NO2. The van der Waals surface area contributed by atoms with Crippen molar-refractivity contribution in [1.29, 1.82) is 0 Å². The molecule has 1 fully saturated rings. The summed E-state index contributed by atoms with van der Waals surface area (Å²) < 4.78 is 0. The molecule has 3 N–H and O–H groups in total. The Morgan fingerprint density at radius 2 is 1.75 bits per heavy atom. The van der Waals surface area contributed by atoms with E-state index in [0.717, 1.165) is 38.5 Å². The first kappa shape index (κ1) is 13.9. The second kappa shape index (κ2) is 7.25. The molecule has 1 aliphatic carbocycles. The fourth-order valence-corrected chi connectivity index (χ4v) is 2.43. The molecule has 1 aliphatic rings. The zero-order valence-corrected chi connectivity index (χ0v) is 10.5. The van der Waals surface area contributed by atoms with Gasteiger partial charge in [-0.2, -0.15) is 0 Å². The summed E-state index contributed by atoms with van der Waals surface area (Å²) >= 11 is 0. The van der Waals surface area contributed by atoms with Gasteiger partial charge < -0.3 is 10.2 Å². The molecule has 0 aromatic rings. The molecule has 0 spiro atoms. The lowest BCUT2D eigenvalue weighted by Crippen LogP contribution is -2.48. The lowest BCUT2D eigenvalue weighted by Gasteiger charge is -2.27. The van der Waals surface area contributed by atoms with Crippen molar-refractivity contribution in [1.82, 2.24) is 5.32 Å². The Bertz CT molecular complexity index is 179. The van der Waals surface area contributed by atoms with Gasteiger partial charge in [0.05, 0.1) is 0 Å². The van der Waals surface area contributed by atoms with Gasteiger partial charge in [0.2, 0.25) is 0 Å². The van der Waals surface area contributed by atoms with Gasteiger partial charge in [0.1, 0.15) is 12.0 Å². The maximum absolute atomic E-state index is 10.0. The Balaban J connectivity index is 2.04. The molecule has 1 saturated carbocycles. The van der Waals surface area contributed by atoms with E-state index in [1.807, 2.05) is 0 Å². The van der Waals surface area contributed by atoms with Gasteiger partial charge in [0.15, 0.2) is 0 Å². The molecular weight excluding hydrogens is 202 g/mol. The van der Waals surface area contributed by atoms with Crippen LogP contribution in [0.1, 0.15) is 71.1 Å². The minimum Gasteiger partial charge on any atom is -0.379 e. The lowest BCUT2D eigenvalue weighted by atomic mass is 10.1. The van der Waals surface area contributed by atoms with E-state index in [2.05, 4.69) is 12.2 Å². The van der Waals surface area contributed by atoms with Crippen LogP contribution in [-0.4, -0.2) is 22.2 Å². The Morgan fingerprint density at radius 3 is 2.38 bits per heavy atom. The largest absolute Gasteiger partial charge is 0.379 e. The standard InChI is InChI=1S/C13H27NO2/c1-2-3-4-5-6-9-12(15)14-13(16)10-7-8-11-13/h12,14-16H,2-11H2,1H3. The van der Waals surface area contributed by atoms with E-state index < -0.39 is 12.0 Å². The fourth-order valence-electron chi connectivity index (χ4n) is 2.43. The molecule has 1 unspecified atom stereocenters. The van der Waals surface area contributed by atoms with E-state index >= 15 is 0 Å². The van der Waals surface area contributed by atoms with Crippen molar-refractivity contribution in [3.8, 4) is 0 Å². The summed E-state index contributed by atoms with van der Waals surface area (Å²) in [4.78, 5) is 0. The first-order chi connectivity index (χ1) is 7.66. The highest BCUT2D eigenvalue weighted by atomic mass is 16.3. The number of aliphatic hydroxyl groups excluding tert-OH is 1. The van der Waals surface area contributed by atoms with E-state index in [1.165, 1.54) is 25.7 Å². The highest BCUT2D eigenvalue weighted by Crippen LogP contribution is 2.27. The molecule has 0 saturated heterocycles. The third kappa shape index (κ3) is 5.28. The quantitative estimate of drug-likeness (QED) is 0.443. The molecule has 3 nitrogen and oxygen atoms in total. The smallest absolute Gasteiger partial charge is 0.117 e. The number of nitrogens with one attached hydrogen (secondary N) is 1. The number of aliphatic hydroxyl groups is 2. The molecule has 1 atom stereocenters. The maximum atomic E-state index is 10.0. The van der Waals surface area contributed by atoms with Crippen molar-refractivity contribution >= 4 is 0 Å². The van der Waals surface area contributed by atoms with Crippen LogP contribution in [0.4, 0.5) is 0 Å². The van der Waals surface area contributed by atoms with Crippen LogP contribution in [0.3, 0.4) is 0 Å². The zero-order valence-electron chi connectivity index (χ0n) is 10.5. The van der Waals surface area contributed by atoms with Gasteiger partial charge in [-0.15, -0.1) is 0 Å². The van der Waals surface area contributed by atoms with Crippen LogP contribution in [0.25, 0.3) is 0 Å². The topological polar surface area (TPSA) is 52.5 Å². The van der Waals surface area contributed by atoms with E-state index in [4.69, 9.17) is 0 Å². The number of rotatable bonds is 8. The van der Waals surface area contributed by atoms with Crippen LogP contribution in [-0.2, 0) is 0 Å². The van der Waals surface area contributed by atoms with Crippen LogP contribution < -0.4 is 5.32 Å². The maximum Gasteiger partial charge on any atom is 0.117 e. The van der Waals surface area contributed by atoms with Gasteiger partial charge in [-0.3, -0.25) is 5.32 Å². The molecule has 96 valence electrons. The van der Waals surface area contributed by atoms with Crippen LogP contribution in [0.5, 0.6) is 0 Å². The van der Waals surface area contributed by atoms with Gasteiger partial charge in [-0.05, 0) is 38.5 Å². The molecule has 1 rings (SSSR count).